The molecule has 1 aliphatic rings. The third kappa shape index (κ3) is 1.61. The molecule has 0 aromatic carbocycles. The molecule has 0 radical (unpaired) electrons. The fourth-order valence-electron chi connectivity index (χ4n) is 0.604. The number of hydrogen-bond donors (Lipinski definition) is 1. The van der Waals surface area contributed by atoms with Crippen molar-refractivity contribution in [1.82, 2.24) is 0 Å². The van der Waals surface area contributed by atoms with Crippen LogP contribution in [0.25, 0.3) is 0 Å². The van der Waals surface area contributed by atoms with Crippen molar-refractivity contribution in [1.29, 1.82) is 0 Å². The molecule has 50 valence electrons. The lowest BCUT2D eigenvalue weighted by atomic mass is 10.4. The second-order valence-electron chi connectivity index (χ2n) is 1.84. The van der Waals surface area contributed by atoms with Gasteiger partial charge in [-0.3, -0.25) is 0 Å². The van der Waals surface area contributed by atoms with E-state index in [1.165, 1.54) is 0 Å². The number of halogens is 1. The third-order valence-corrected chi connectivity index (χ3v) is 2.81. The fourth-order valence-corrected chi connectivity index (χ4v) is 1.81. The molecule has 0 amide bonds. The van der Waals surface area contributed by atoms with Crippen molar-refractivity contribution in [2.75, 3.05) is 11.5 Å². The van der Waals surface area contributed by atoms with Crippen LogP contribution >= 0.6 is 12.4 Å². The summed E-state index contributed by atoms with van der Waals surface area (Å²) in [5, 5.41) is 0. The van der Waals surface area contributed by atoms with Gasteiger partial charge in [0, 0.05) is 6.04 Å². The average Bonchev–Trinajstić information content (AvgIpc) is 1.27. The minimum absolute atomic E-state index is 0. The molecule has 0 spiro atoms. The maximum Gasteiger partial charge on any atom is 0.153 e. The number of sulfone groups is 1. The van der Waals surface area contributed by atoms with Crippen LogP contribution in [0.5, 0.6) is 0 Å². The second-order valence-corrected chi connectivity index (χ2v) is 3.99. The zero-order valence-electron chi connectivity index (χ0n) is 4.20. The van der Waals surface area contributed by atoms with E-state index in [4.69, 9.17) is 5.73 Å². The predicted octanol–water partition coefficient (Wildman–Crippen LogP) is -0.836. The monoisotopic (exact) mass is 157 g/mol. The summed E-state index contributed by atoms with van der Waals surface area (Å²) in [6.07, 6.45) is 0. The van der Waals surface area contributed by atoms with Gasteiger partial charge in [-0.2, -0.15) is 0 Å². The molecule has 0 unspecified atom stereocenters. The second kappa shape index (κ2) is 2.21. The highest BCUT2D eigenvalue weighted by atomic mass is 35.5. The Kier molecular flexibility index (Phi) is 2.26. The van der Waals surface area contributed by atoms with Crippen molar-refractivity contribution in [3.63, 3.8) is 0 Å². The third-order valence-electron chi connectivity index (χ3n) is 0.936. The molecule has 1 aliphatic heterocycles. The van der Waals surface area contributed by atoms with Crippen LogP contribution < -0.4 is 5.73 Å². The van der Waals surface area contributed by atoms with Gasteiger partial charge in [0.1, 0.15) is 0 Å². The van der Waals surface area contributed by atoms with E-state index in [2.05, 4.69) is 0 Å². The van der Waals surface area contributed by atoms with Crippen LogP contribution in [0.1, 0.15) is 0 Å². The fraction of sp³-hybridized carbons (Fsp3) is 1.00. The first-order chi connectivity index (χ1) is 3.10. The molecular weight excluding hydrogens is 150 g/mol. The molecule has 1 saturated heterocycles. The van der Waals surface area contributed by atoms with E-state index >= 15 is 0 Å². The molecule has 1 fully saturated rings. The summed E-state index contributed by atoms with van der Waals surface area (Å²) in [6, 6.07) is -0.0787. The van der Waals surface area contributed by atoms with E-state index in [0.717, 1.165) is 0 Å². The van der Waals surface area contributed by atoms with Crippen molar-refractivity contribution in [3.8, 4) is 0 Å². The Labute approximate surface area is 54.6 Å². The molecule has 0 atom stereocenters. The lowest BCUT2D eigenvalue weighted by molar-refractivity contribution is 0.564. The van der Waals surface area contributed by atoms with Crippen molar-refractivity contribution in [3.05, 3.63) is 0 Å². The van der Waals surface area contributed by atoms with Crippen LogP contribution in [0, 0.1) is 0 Å². The van der Waals surface area contributed by atoms with Crippen LogP contribution in [0.2, 0.25) is 0 Å². The molecular formula is C3H8ClNO2S. The first-order valence-electron chi connectivity index (χ1n) is 2.06. The number of nitrogens with two attached hydrogens (primary N) is 1. The highest BCUT2D eigenvalue weighted by molar-refractivity contribution is 7.92. The van der Waals surface area contributed by atoms with E-state index < -0.39 is 9.84 Å². The Hall–Kier alpha value is 0.200. The first kappa shape index (κ1) is 8.20. The maximum atomic E-state index is 10.2. The van der Waals surface area contributed by atoms with Crippen molar-refractivity contribution in [2.45, 2.75) is 6.04 Å². The standard InChI is InChI=1S/C3H7NO2S.ClH/c4-3-1-7(5,6)2-3;/h3H,1-2,4H2;1H. The highest BCUT2D eigenvalue weighted by Gasteiger charge is 2.29. The zero-order chi connectivity index (χ0) is 5.49. The van der Waals surface area contributed by atoms with E-state index in [0.29, 0.717) is 0 Å². The van der Waals surface area contributed by atoms with Gasteiger partial charge in [-0.05, 0) is 0 Å². The molecule has 1 rings (SSSR count). The Morgan fingerprint density at radius 2 is 1.75 bits per heavy atom. The van der Waals surface area contributed by atoms with Gasteiger partial charge >= 0.3 is 0 Å². The van der Waals surface area contributed by atoms with Crippen LogP contribution in [-0.2, 0) is 9.84 Å². The Bertz CT molecular complexity index is 152. The van der Waals surface area contributed by atoms with E-state index in [1.54, 1.807) is 0 Å². The van der Waals surface area contributed by atoms with Gasteiger partial charge in [0.05, 0.1) is 11.5 Å². The van der Waals surface area contributed by atoms with Crippen molar-refractivity contribution < 1.29 is 8.42 Å². The minimum atomic E-state index is -2.66. The SMILES string of the molecule is Cl.NC1CS(=O)(=O)C1. The van der Waals surface area contributed by atoms with Gasteiger partial charge in [0.2, 0.25) is 0 Å². The van der Waals surface area contributed by atoms with Gasteiger partial charge in [-0.1, -0.05) is 0 Å². The molecule has 0 aromatic rings. The normalized spacial score (nSPS) is 25.6. The van der Waals surface area contributed by atoms with E-state index in [9.17, 15) is 8.42 Å². The quantitative estimate of drug-likeness (QED) is 0.499. The van der Waals surface area contributed by atoms with Crippen LogP contribution in [0.4, 0.5) is 0 Å². The summed E-state index contributed by atoms with van der Waals surface area (Å²) in [5.41, 5.74) is 5.17. The Morgan fingerprint density at radius 1 is 1.38 bits per heavy atom. The smallest absolute Gasteiger partial charge is 0.153 e. The molecule has 0 aromatic heterocycles. The van der Waals surface area contributed by atoms with Gasteiger partial charge < -0.3 is 5.73 Å². The summed E-state index contributed by atoms with van der Waals surface area (Å²) in [6.45, 7) is 0. The predicted molar refractivity (Wildman–Crippen MR) is 33.9 cm³/mol. The molecule has 5 heteroatoms. The van der Waals surface area contributed by atoms with Gasteiger partial charge in [0.25, 0.3) is 0 Å². The molecule has 1 heterocycles. The summed E-state index contributed by atoms with van der Waals surface area (Å²) in [4.78, 5) is 0. The summed E-state index contributed by atoms with van der Waals surface area (Å²) < 4.78 is 20.4. The minimum Gasteiger partial charge on any atom is -0.326 e. The van der Waals surface area contributed by atoms with Crippen LogP contribution in [0.3, 0.4) is 0 Å². The van der Waals surface area contributed by atoms with E-state index in [1.807, 2.05) is 0 Å². The average molecular weight is 158 g/mol. The van der Waals surface area contributed by atoms with Crippen molar-refractivity contribution >= 4 is 22.2 Å². The molecule has 0 bridgehead atoms. The highest BCUT2D eigenvalue weighted by Crippen LogP contribution is 2.06. The number of rotatable bonds is 0. The lowest BCUT2D eigenvalue weighted by Gasteiger charge is -2.20. The largest absolute Gasteiger partial charge is 0.326 e. The topological polar surface area (TPSA) is 60.2 Å². The zero-order valence-corrected chi connectivity index (χ0v) is 5.83. The lowest BCUT2D eigenvalue weighted by Crippen LogP contribution is -2.47. The summed E-state index contributed by atoms with van der Waals surface area (Å²) in [5.74, 6) is 0.375. The molecule has 8 heavy (non-hydrogen) atoms. The Morgan fingerprint density at radius 3 is 1.75 bits per heavy atom. The first-order valence-corrected chi connectivity index (χ1v) is 3.88. The summed E-state index contributed by atoms with van der Waals surface area (Å²) in [7, 11) is -2.66. The molecule has 0 saturated carbocycles. The summed E-state index contributed by atoms with van der Waals surface area (Å²) >= 11 is 0. The van der Waals surface area contributed by atoms with Gasteiger partial charge in [-0.15, -0.1) is 12.4 Å². The van der Waals surface area contributed by atoms with Gasteiger partial charge in [0.15, 0.2) is 9.84 Å². The van der Waals surface area contributed by atoms with Crippen LogP contribution in [-0.4, -0.2) is 26.0 Å². The molecule has 2 N–H and O–H groups in total. The molecule has 0 aliphatic carbocycles. The number of hydrogen-bond acceptors (Lipinski definition) is 3. The van der Waals surface area contributed by atoms with Crippen molar-refractivity contribution in [2.24, 2.45) is 5.73 Å². The van der Waals surface area contributed by atoms with Gasteiger partial charge in [-0.25, -0.2) is 8.42 Å². The Balaban J connectivity index is 0.000000490. The van der Waals surface area contributed by atoms with E-state index in [-0.39, 0.29) is 30.0 Å². The van der Waals surface area contributed by atoms with Crippen LogP contribution in [0.15, 0.2) is 0 Å². The molecule has 3 nitrogen and oxygen atoms in total. The maximum absolute atomic E-state index is 10.2.